The molecule has 0 amide bonds. The summed E-state index contributed by atoms with van der Waals surface area (Å²) >= 11 is 1.58. The number of nitro benzene ring substituents is 1. The summed E-state index contributed by atoms with van der Waals surface area (Å²) in [7, 11) is 1.86. The largest absolute Gasteiger partial charge is 0.305 e. The molecule has 0 radical (unpaired) electrons. The topological polar surface area (TPSA) is 73.8 Å². The van der Waals surface area contributed by atoms with Gasteiger partial charge in [-0.05, 0) is 5.56 Å². The van der Waals surface area contributed by atoms with Gasteiger partial charge in [0.1, 0.15) is 0 Å². The molecular weight excluding hydrogens is 312 g/mol. The van der Waals surface area contributed by atoms with Gasteiger partial charge in [-0.3, -0.25) is 10.1 Å². The summed E-state index contributed by atoms with van der Waals surface area (Å²) in [5.74, 6) is 1.41. The van der Waals surface area contributed by atoms with Crippen molar-refractivity contribution in [2.45, 2.75) is 10.9 Å². The van der Waals surface area contributed by atoms with Crippen LogP contribution < -0.4 is 0 Å². The number of rotatable bonds is 5. The quantitative estimate of drug-likeness (QED) is 0.406. The molecule has 0 N–H and O–H groups in total. The number of thioether (sulfide) groups is 1. The Morgan fingerprint density at radius 2 is 1.91 bits per heavy atom. The first-order valence-electron chi connectivity index (χ1n) is 6.96. The zero-order valence-electron chi connectivity index (χ0n) is 12.4. The Morgan fingerprint density at radius 3 is 2.65 bits per heavy atom. The van der Waals surface area contributed by atoms with Gasteiger partial charge in [-0.25, -0.2) is 0 Å². The van der Waals surface area contributed by atoms with Gasteiger partial charge < -0.3 is 4.57 Å². The standard InChI is InChI=1S/C16H14N4O2S/c1-19-15(13-8-5-9-14(10-13)20(21)22)17-18-16(19)23-11-12-6-3-2-4-7-12/h2-10H,11H2,1H3. The molecule has 0 unspecified atom stereocenters. The highest BCUT2D eigenvalue weighted by Gasteiger charge is 2.14. The van der Waals surface area contributed by atoms with Crippen LogP contribution in [0.15, 0.2) is 59.8 Å². The van der Waals surface area contributed by atoms with E-state index in [1.807, 2.05) is 29.8 Å². The second-order valence-corrected chi connectivity index (χ2v) is 5.89. The first-order chi connectivity index (χ1) is 11.1. The molecule has 6 nitrogen and oxygen atoms in total. The molecule has 1 heterocycles. The van der Waals surface area contributed by atoms with Crippen LogP contribution in [0.25, 0.3) is 11.4 Å². The number of hydrogen-bond acceptors (Lipinski definition) is 5. The van der Waals surface area contributed by atoms with Gasteiger partial charge in [-0.2, -0.15) is 0 Å². The lowest BCUT2D eigenvalue weighted by Crippen LogP contribution is -1.96. The summed E-state index contributed by atoms with van der Waals surface area (Å²) < 4.78 is 1.85. The third kappa shape index (κ3) is 3.40. The van der Waals surface area contributed by atoms with E-state index < -0.39 is 4.92 Å². The van der Waals surface area contributed by atoms with Crippen LogP contribution in [0.3, 0.4) is 0 Å². The third-order valence-electron chi connectivity index (χ3n) is 3.36. The van der Waals surface area contributed by atoms with E-state index in [9.17, 15) is 10.1 Å². The molecule has 0 aliphatic rings. The van der Waals surface area contributed by atoms with Gasteiger partial charge in [0, 0.05) is 30.5 Å². The van der Waals surface area contributed by atoms with Crippen LogP contribution in [0.2, 0.25) is 0 Å². The molecule has 1 aromatic heterocycles. The van der Waals surface area contributed by atoms with E-state index >= 15 is 0 Å². The molecule has 7 heteroatoms. The van der Waals surface area contributed by atoms with E-state index in [1.165, 1.54) is 17.7 Å². The van der Waals surface area contributed by atoms with Gasteiger partial charge in [0.25, 0.3) is 5.69 Å². The third-order valence-corrected chi connectivity index (χ3v) is 4.45. The summed E-state index contributed by atoms with van der Waals surface area (Å²) in [6.07, 6.45) is 0. The Labute approximate surface area is 137 Å². The monoisotopic (exact) mass is 326 g/mol. The average molecular weight is 326 g/mol. The number of non-ortho nitro benzene ring substituents is 1. The van der Waals surface area contributed by atoms with Crippen molar-refractivity contribution in [3.05, 3.63) is 70.3 Å². The summed E-state index contributed by atoms with van der Waals surface area (Å²) in [5.41, 5.74) is 1.93. The molecule has 3 rings (SSSR count). The van der Waals surface area contributed by atoms with Crippen molar-refractivity contribution in [1.82, 2.24) is 14.8 Å². The molecule has 0 aliphatic heterocycles. The molecule has 3 aromatic rings. The van der Waals surface area contributed by atoms with Crippen LogP contribution in [0.1, 0.15) is 5.56 Å². The minimum absolute atomic E-state index is 0.0454. The van der Waals surface area contributed by atoms with Crippen LogP contribution >= 0.6 is 11.8 Å². The number of hydrogen-bond donors (Lipinski definition) is 0. The van der Waals surface area contributed by atoms with E-state index in [2.05, 4.69) is 22.3 Å². The fourth-order valence-electron chi connectivity index (χ4n) is 2.17. The van der Waals surface area contributed by atoms with Gasteiger partial charge in [0.2, 0.25) is 0 Å². The van der Waals surface area contributed by atoms with Crippen molar-refractivity contribution in [2.75, 3.05) is 0 Å². The Bertz CT molecular complexity index is 833. The van der Waals surface area contributed by atoms with E-state index in [0.717, 1.165) is 10.9 Å². The number of benzene rings is 2. The summed E-state index contributed by atoms with van der Waals surface area (Å²) in [4.78, 5) is 10.5. The van der Waals surface area contributed by atoms with Gasteiger partial charge in [0.15, 0.2) is 11.0 Å². The molecule has 0 saturated carbocycles. The molecule has 0 spiro atoms. The molecule has 23 heavy (non-hydrogen) atoms. The van der Waals surface area contributed by atoms with E-state index in [0.29, 0.717) is 11.4 Å². The Hall–Kier alpha value is -2.67. The van der Waals surface area contributed by atoms with Crippen molar-refractivity contribution in [2.24, 2.45) is 7.05 Å². The molecule has 0 fully saturated rings. The predicted molar refractivity (Wildman–Crippen MR) is 89.1 cm³/mol. The van der Waals surface area contributed by atoms with Crippen LogP contribution in [0.4, 0.5) is 5.69 Å². The number of aromatic nitrogens is 3. The highest BCUT2D eigenvalue weighted by Crippen LogP contribution is 2.26. The van der Waals surface area contributed by atoms with Gasteiger partial charge in [-0.1, -0.05) is 54.2 Å². The SMILES string of the molecule is Cn1c(SCc2ccccc2)nnc1-c1cccc([N+](=O)[O-])c1. The Balaban J connectivity index is 1.82. The number of nitro groups is 1. The first kappa shape index (κ1) is 15.2. The summed E-state index contributed by atoms with van der Waals surface area (Å²) in [5, 5.41) is 20.0. The Morgan fingerprint density at radius 1 is 1.13 bits per heavy atom. The highest BCUT2D eigenvalue weighted by atomic mass is 32.2. The first-order valence-corrected chi connectivity index (χ1v) is 7.94. The average Bonchev–Trinajstić information content (AvgIpc) is 2.95. The van der Waals surface area contributed by atoms with Crippen LogP contribution in [-0.2, 0) is 12.8 Å². The molecule has 0 atom stereocenters. The molecule has 2 aromatic carbocycles. The van der Waals surface area contributed by atoms with Crippen LogP contribution in [0, 0.1) is 10.1 Å². The van der Waals surface area contributed by atoms with Gasteiger partial charge >= 0.3 is 0 Å². The summed E-state index contributed by atoms with van der Waals surface area (Å²) in [6, 6.07) is 16.5. The zero-order chi connectivity index (χ0) is 16.2. The fourth-order valence-corrected chi connectivity index (χ4v) is 3.04. The molecule has 116 valence electrons. The second-order valence-electron chi connectivity index (χ2n) is 4.95. The van der Waals surface area contributed by atoms with Crippen molar-refractivity contribution >= 4 is 17.4 Å². The van der Waals surface area contributed by atoms with Crippen molar-refractivity contribution in [3.63, 3.8) is 0 Å². The van der Waals surface area contributed by atoms with Crippen molar-refractivity contribution in [1.29, 1.82) is 0 Å². The van der Waals surface area contributed by atoms with E-state index in [1.54, 1.807) is 23.9 Å². The summed E-state index contributed by atoms with van der Waals surface area (Å²) in [6.45, 7) is 0. The minimum Gasteiger partial charge on any atom is -0.305 e. The fraction of sp³-hybridized carbons (Fsp3) is 0.125. The van der Waals surface area contributed by atoms with Crippen LogP contribution in [-0.4, -0.2) is 19.7 Å². The molecule has 0 bridgehead atoms. The highest BCUT2D eigenvalue weighted by molar-refractivity contribution is 7.98. The normalized spacial score (nSPS) is 10.7. The van der Waals surface area contributed by atoms with Gasteiger partial charge in [0.05, 0.1) is 4.92 Å². The number of nitrogens with zero attached hydrogens (tertiary/aromatic N) is 4. The minimum atomic E-state index is -0.412. The lowest BCUT2D eigenvalue weighted by atomic mass is 10.2. The Kier molecular flexibility index (Phi) is 4.38. The van der Waals surface area contributed by atoms with Gasteiger partial charge in [-0.15, -0.1) is 10.2 Å². The maximum Gasteiger partial charge on any atom is 0.270 e. The zero-order valence-corrected chi connectivity index (χ0v) is 13.2. The van der Waals surface area contributed by atoms with E-state index in [-0.39, 0.29) is 5.69 Å². The van der Waals surface area contributed by atoms with E-state index in [4.69, 9.17) is 0 Å². The maximum atomic E-state index is 10.9. The van der Waals surface area contributed by atoms with Crippen molar-refractivity contribution < 1.29 is 4.92 Å². The lowest BCUT2D eigenvalue weighted by molar-refractivity contribution is -0.384. The smallest absolute Gasteiger partial charge is 0.270 e. The second kappa shape index (κ2) is 6.62. The predicted octanol–water partition coefficient (Wildman–Crippen LogP) is 3.68. The van der Waals surface area contributed by atoms with Crippen LogP contribution in [0.5, 0.6) is 0 Å². The molecule has 0 aliphatic carbocycles. The maximum absolute atomic E-state index is 10.9. The molecular formula is C16H14N4O2S. The van der Waals surface area contributed by atoms with Crippen molar-refractivity contribution in [3.8, 4) is 11.4 Å². The molecule has 0 saturated heterocycles. The lowest BCUT2D eigenvalue weighted by Gasteiger charge is -2.04.